The third-order valence-corrected chi connectivity index (χ3v) is 1.60. The molecule has 12 heavy (non-hydrogen) atoms. The Morgan fingerprint density at radius 1 is 1.50 bits per heavy atom. The molecule has 0 aliphatic heterocycles. The van der Waals surface area contributed by atoms with Crippen LogP contribution in [-0.2, 0) is 6.61 Å². The maximum absolute atomic E-state index is 12.7. The fourth-order valence-corrected chi connectivity index (χ4v) is 1.06. The van der Waals surface area contributed by atoms with E-state index in [2.05, 4.69) is 9.40 Å². The van der Waals surface area contributed by atoms with E-state index in [1.54, 1.807) is 0 Å². The van der Waals surface area contributed by atoms with Crippen molar-refractivity contribution in [1.29, 1.82) is 0 Å². The molecule has 0 saturated heterocycles. The molecular weight excluding hydrogens is 168 g/mol. The van der Waals surface area contributed by atoms with Gasteiger partial charge in [-0.05, 0) is 0 Å². The Hall–Kier alpha value is -1.36. The summed E-state index contributed by atoms with van der Waals surface area (Å²) < 4.78 is 29.5. The van der Waals surface area contributed by atoms with Gasteiger partial charge in [0, 0.05) is 11.8 Å². The van der Waals surface area contributed by atoms with Crippen molar-refractivity contribution in [3.63, 3.8) is 0 Å². The average Bonchev–Trinajstić information content (AvgIpc) is 2.55. The average molecular weight is 173 g/mol. The molecule has 0 atom stereocenters. The van der Waals surface area contributed by atoms with Crippen LogP contribution >= 0.6 is 0 Å². The predicted octanol–water partition coefficient (Wildman–Crippen LogP) is 1.53. The minimum absolute atomic E-state index is 0.0449. The van der Waals surface area contributed by atoms with E-state index in [1.807, 2.05) is 0 Å². The molecule has 3 nitrogen and oxygen atoms in total. The lowest BCUT2D eigenvalue weighted by molar-refractivity contribution is 0.277. The highest BCUT2D eigenvalue weighted by Crippen LogP contribution is 2.23. The van der Waals surface area contributed by atoms with E-state index in [4.69, 9.17) is 5.11 Å². The number of aliphatic hydroxyl groups is 1. The Morgan fingerprint density at radius 2 is 2.25 bits per heavy atom. The Morgan fingerprint density at radius 3 is 2.83 bits per heavy atom. The molecule has 0 fully saturated rings. The molecule has 0 aromatic carbocycles. The number of rotatable bonds is 1. The number of aromatic amines is 1. The quantitative estimate of drug-likeness (QED) is 0.687. The molecule has 0 spiro atoms. The second-order valence-corrected chi connectivity index (χ2v) is 2.38. The van der Waals surface area contributed by atoms with Gasteiger partial charge in [-0.15, -0.1) is 0 Å². The maximum Gasteiger partial charge on any atom is 0.317 e. The van der Waals surface area contributed by atoms with Crippen LogP contribution < -0.4 is 0 Å². The molecule has 0 radical (unpaired) electrons. The summed E-state index contributed by atoms with van der Waals surface area (Å²) in [5.74, 6) is -1.05. The first-order valence-electron chi connectivity index (χ1n) is 3.28. The number of furan rings is 1. The number of aromatic nitrogens is 1. The van der Waals surface area contributed by atoms with Gasteiger partial charge in [0.1, 0.15) is 5.52 Å². The summed E-state index contributed by atoms with van der Waals surface area (Å²) in [4.78, 5) is 2.48. The summed E-state index contributed by atoms with van der Waals surface area (Å²) in [5.41, 5.74) is 0.424. The molecule has 0 bridgehead atoms. The molecule has 2 heterocycles. The van der Waals surface area contributed by atoms with Crippen LogP contribution in [0, 0.1) is 11.8 Å². The van der Waals surface area contributed by atoms with Crippen LogP contribution in [0.15, 0.2) is 10.5 Å². The third-order valence-electron chi connectivity index (χ3n) is 1.60. The largest absolute Gasteiger partial charge is 0.427 e. The minimum atomic E-state index is -1.24. The molecule has 0 aliphatic rings. The maximum atomic E-state index is 12.7. The van der Waals surface area contributed by atoms with Crippen LogP contribution in [0.3, 0.4) is 0 Å². The van der Waals surface area contributed by atoms with E-state index in [1.165, 1.54) is 6.07 Å². The molecular formula is C7H5F2NO2. The Bertz CT molecular complexity index is 418. The van der Waals surface area contributed by atoms with Gasteiger partial charge in [0.15, 0.2) is 5.58 Å². The lowest BCUT2D eigenvalue weighted by Crippen LogP contribution is -1.82. The Kier molecular flexibility index (Phi) is 1.41. The zero-order chi connectivity index (χ0) is 8.72. The van der Waals surface area contributed by atoms with Gasteiger partial charge in [-0.3, -0.25) is 0 Å². The minimum Gasteiger partial charge on any atom is -0.427 e. The monoisotopic (exact) mass is 173 g/mol. The summed E-state index contributed by atoms with van der Waals surface area (Å²) in [6.07, 6.45) is 0. The lowest BCUT2D eigenvalue weighted by atomic mass is 10.4. The topological polar surface area (TPSA) is 49.2 Å². The van der Waals surface area contributed by atoms with E-state index in [0.29, 0.717) is 5.69 Å². The standard InChI is InChI=1S/C7H5F2NO2/c8-5-6-4(12-7(5)9)1-3(2-11)10-6/h1,10-11H,2H2. The number of aliphatic hydroxyl groups excluding tert-OH is 1. The predicted molar refractivity (Wildman–Crippen MR) is 36.4 cm³/mol. The van der Waals surface area contributed by atoms with Crippen molar-refractivity contribution in [2.45, 2.75) is 6.61 Å². The molecule has 0 unspecified atom stereocenters. The molecule has 0 saturated carbocycles. The smallest absolute Gasteiger partial charge is 0.317 e. The van der Waals surface area contributed by atoms with Gasteiger partial charge in [0.05, 0.1) is 6.61 Å². The first kappa shape index (κ1) is 7.30. The van der Waals surface area contributed by atoms with Crippen molar-refractivity contribution >= 4 is 11.1 Å². The van der Waals surface area contributed by atoms with Gasteiger partial charge in [-0.25, -0.2) is 0 Å². The molecule has 0 amide bonds. The van der Waals surface area contributed by atoms with Crippen molar-refractivity contribution in [3.05, 3.63) is 23.6 Å². The second kappa shape index (κ2) is 2.31. The summed E-state index contributed by atoms with van der Waals surface area (Å²) >= 11 is 0. The summed E-state index contributed by atoms with van der Waals surface area (Å²) in [6, 6.07) is 0.113. The molecule has 2 aromatic rings. The van der Waals surface area contributed by atoms with Gasteiger partial charge in [0.25, 0.3) is 0 Å². The first-order chi connectivity index (χ1) is 5.72. The van der Waals surface area contributed by atoms with Crippen molar-refractivity contribution in [3.8, 4) is 0 Å². The van der Waals surface area contributed by atoms with Crippen LogP contribution in [0.5, 0.6) is 0 Å². The number of fused-ring (bicyclic) bond motifs is 1. The van der Waals surface area contributed by atoms with Crippen molar-refractivity contribution < 1.29 is 18.3 Å². The highest BCUT2D eigenvalue weighted by molar-refractivity contribution is 5.75. The number of hydrogen-bond acceptors (Lipinski definition) is 2. The zero-order valence-electron chi connectivity index (χ0n) is 5.90. The fraction of sp³-hybridized carbons (Fsp3) is 0.143. The van der Waals surface area contributed by atoms with Crippen LogP contribution in [0.1, 0.15) is 5.69 Å². The Balaban J connectivity index is 2.71. The van der Waals surface area contributed by atoms with E-state index >= 15 is 0 Å². The highest BCUT2D eigenvalue weighted by atomic mass is 19.2. The van der Waals surface area contributed by atoms with Crippen molar-refractivity contribution in [2.75, 3.05) is 0 Å². The van der Waals surface area contributed by atoms with Crippen LogP contribution in [0.4, 0.5) is 8.78 Å². The van der Waals surface area contributed by atoms with Crippen LogP contribution in [0.25, 0.3) is 11.1 Å². The van der Waals surface area contributed by atoms with Gasteiger partial charge in [0.2, 0.25) is 5.82 Å². The molecule has 64 valence electrons. The highest BCUT2D eigenvalue weighted by Gasteiger charge is 2.15. The number of hydrogen-bond donors (Lipinski definition) is 2. The summed E-state index contributed by atoms with van der Waals surface area (Å²) in [7, 11) is 0. The van der Waals surface area contributed by atoms with E-state index in [9.17, 15) is 8.78 Å². The normalized spacial score (nSPS) is 11.2. The van der Waals surface area contributed by atoms with Gasteiger partial charge < -0.3 is 14.5 Å². The molecule has 2 N–H and O–H groups in total. The first-order valence-corrected chi connectivity index (χ1v) is 3.28. The van der Waals surface area contributed by atoms with Crippen LogP contribution in [-0.4, -0.2) is 10.1 Å². The number of halogens is 2. The fourth-order valence-electron chi connectivity index (χ4n) is 1.06. The van der Waals surface area contributed by atoms with E-state index in [-0.39, 0.29) is 17.7 Å². The second-order valence-electron chi connectivity index (χ2n) is 2.38. The van der Waals surface area contributed by atoms with E-state index in [0.717, 1.165) is 0 Å². The van der Waals surface area contributed by atoms with Gasteiger partial charge in [-0.1, -0.05) is 0 Å². The lowest BCUT2D eigenvalue weighted by Gasteiger charge is -1.84. The zero-order valence-corrected chi connectivity index (χ0v) is 5.90. The van der Waals surface area contributed by atoms with E-state index < -0.39 is 11.8 Å². The third kappa shape index (κ3) is 0.831. The Labute approximate surface area is 65.6 Å². The van der Waals surface area contributed by atoms with Gasteiger partial charge in [-0.2, -0.15) is 8.78 Å². The molecule has 2 rings (SSSR count). The molecule has 5 heteroatoms. The van der Waals surface area contributed by atoms with Crippen LogP contribution in [0.2, 0.25) is 0 Å². The summed E-state index contributed by atoms with van der Waals surface area (Å²) in [6.45, 7) is -0.259. The van der Waals surface area contributed by atoms with Crippen molar-refractivity contribution in [2.24, 2.45) is 0 Å². The summed E-state index contributed by atoms with van der Waals surface area (Å²) in [5, 5.41) is 8.63. The number of H-pyrrole nitrogens is 1. The van der Waals surface area contributed by atoms with Crippen molar-refractivity contribution in [1.82, 2.24) is 4.98 Å². The molecule has 2 aromatic heterocycles. The number of nitrogens with one attached hydrogen (secondary N) is 1. The SMILES string of the molecule is OCc1cc2oc(F)c(F)c2[nH]1. The van der Waals surface area contributed by atoms with Gasteiger partial charge >= 0.3 is 6.01 Å². The molecule has 0 aliphatic carbocycles.